The van der Waals surface area contributed by atoms with Crippen LogP contribution in [-0.4, -0.2) is 33.2 Å². The van der Waals surface area contributed by atoms with E-state index in [1.165, 1.54) is 32.1 Å². The van der Waals surface area contributed by atoms with Gasteiger partial charge in [0.1, 0.15) is 5.69 Å². The molecule has 20 heavy (non-hydrogen) atoms. The zero-order valence-corrected chi connectivity index (χ0v) is 13.3. The summed E-state index contributed by atoms with van der Waals surface area (Å²) >= 11 is 2.00. The average molecular weight is 295 g/mol. The second-order valence-electron chi connectivity index (χ2n) is 5.66. The number of amides is 1. The molecule has 1 N–H and O–H groups in total. The maximum Gasteiger partial charge on any atom is 0.271 e. The molecule has 1 aliphatic carbocycles. The molecule has 1 saturated carbocycles. The van der Waals surface area contributed by atoms with Crippen molar-refractivity contribution in [1.82, 2.24) is 15.1 Å². The fourth-order valence-electron chi connectivity index (χ4n) is 2.46. The SMILES string of the molecule is CC(C)n1ccc(C(=O)NCCSC2CCCCC2)n1. The number of rotatable bonds is 6. The molecule has 4 nitrogen and oxygen atoms in total. The molecule has 0 bridgehead atoms. The third-order valence-corrected chi connectivity index (χ3v) is 5.05. The van der Waals surface area contributed by atoms with E-state index in [0.717, 1.165) is 17.5 Å². The fourth-order valence-corrected chi connectivity index (χ4v) is 3.68. The Morgan fingerprint density at radius 1 is 1.45 bits per heavy atom. The first-order chi connectivity index (χ1) is 9.66. The Balaban J connectivity index is 1.66. The van der Waals surface area contributed by atoms with Crippen molar-refractivity contribution in [3.8, 4) is 0 Å². The summed E-state index contributed by atoms with van der Waals surface area (Å²) in [6.07, 6.45) is 8.69. The number of thioether (sulfide) groups is 1. The normalized spacial score (nSPS) is 16.6. The maximum absolute atomic E-state index is 11.9. The summed E-state index contributed by atoms with van der Waals surface area (Å²) in [7, 11) is 0. The summed E-state index contributed by atoms with van der Waals surface area (Å²) in [6, 6.07) is 2.07. The lowest BCUT2D eigenvalue weighted by atomic mass is 10.0. The van der Waals surface area contributed by atoms with Crippen molar-refractivity contribution in [2.24, 2.45) is 0 Å². The first-order valence-corrected chi connectivity index (χ1v) is 8.66. The summed E-state index contributed by atoms with van der Waals surface area (Å²) in [5.41, 5.74) is 0.515. The molecule has 1 aromatic rings. The Morgan fingerprint density at radius 2 is 2.20 bits per heavy atom. The number of nitrogens with zero attached hydrogens (tertiary/aromatic N) is 2. The number of nitrogens with one attached hydrogen (secondary N) is 1. The number of carbonyl (C=O) groups is 1. The maximum atomic E-state index is 11.9. The summed E-state index contributed by atoms with van der Waals surface area (Å²) in [6.45, 7) is 4.83. The van der Waals surface area contributed by atoms with Gasteiger partial charge >= 0.3 is 0 Å². The van der Waals surface area contributed by atoms with Crippen LogP contribution in [0, 0.1) is 0 Å². The summed E-state index contributed by atoms with van der Waals surface area (Å²) < 4.78 is 1.81. The lowest BCUT2D eigenvalue weighted by Gasteiger charge is -2.20. The van der Waals surface area contributed by atoms with E-state index in [4.69, 9.17) is 0 Å². The van der Waals surface area contributed by atoms with Gasteiger partial charge in [-0.2, -0.15) is 16.9 Å². The van der Waals surface area contributed by atoms with Gasteiger partial charge < -0.3 is 5.32 Å². The van der Waals surface area contributed by atoms with Crippen molar-refractivity contribution in [2.45, 2.75) is 57.2 Å². The van der Waals surface area contributed by atoms with Crippen LogP contribution in [0.3, 0.4) is 0 Å². The molecule has 0 radical (unpaired) electrons. The van der Waals surface area contributed by atoms with Crippen LogP contribution in [0.2, 0.25) is 0 Å². The van der Waals surface area contributed by atoms with Gasteiger partial charge in [0, 0.05) is 29.8 Å². The van der Waals surface area contributed by atoms with E-state index in [-0.39, 0.29) is 5.91 Å². The average Bonchev–Trinajstić information content (AvgIpc) is 2.94. The molecular weight excluding hydrogens is 270 g/mol. The molecule has 2 rings (SSSR count). The van der Waals surface area contributed by atoms with Crippen molar-refractivity contribution in [2.75, 3.05) is 12.3 Å². The topological polar surface area (TPSA) is 46.9 Å². The van der Waals surface area contributed by atoms with E-state index in [1.807, 2.05) is 22.6 Å². The molecule has 1 amide bonds. The Kier molecular flexibility index (Phi) is 5.95. The van der Waals surface area contributed by atoms with Gasteiger partial charge in [0.25, 0.3) is 5.91 Å². The van der Waals surface area contributed by atoms with Crippen LogP contribution < -0.4 is 5.32 Å². The highest BCUT2D eigenvalue weighted by molar-refractivity contribution is 7.99. The quantitative estimate of drug-likeness (QED) is 0.819. The number of carbonyl (C=O) groups excluding carboxylic acids is 1. The molecule has 0 spiro atoms. The second kappa shape index (κ2) is 7.72. The van der Waals surface area contributed by atoms with Crippen LogP contribution in [0.1, 0.15) is 62.5 Å². The molecule has 112 valence electrons. The predicted octanol–water partition coefficient (Wildman–Crippen LogP) is 3.26. The summed E-state index contributed by atoms with van der Waals surface area (Å²) in [4.78, 5) is 11.9. The molecule has 1 heterocycles. The number of hydrogen-bond acceptors (Lipinski definition) is 3. The van der Waals surface area contributed by atoms with E-state index < -0.39 is 0 Å². The molecule has 5 heteroatoms. The highest BCUT2D eigenvalue weighted by Gasteiger charge is 2.14. The Bertz CT molecular complexity index is 425. The van der Waals surface area contributed by atoms with Crippen molar-refractivity contribution in [3.05, 3.63) is 18.0 Å². The molecule has 0 aliphatic heterocycles. The predicted molar refractivity (Wildman–Crippen MR) is 84.3 cm³/mol. The zero-order valence-electron chi connectivity index (χ0n) is 12.5. The molecule has 1 aromatic heterocycles. The van der Waals surface area contributed by atoms with Crippen LogP contribution in [0.15, 0.2) is 12.3 Å². The minimum absolute atomic E-state index is 0.0614. The molecule has 1 aliphatic rings. The van der Waals surface area contributed by atoms with Crippen LogP contribution in [0.4, 0.5) is 0 Å². The van der Waals surface area contributed by atoms with E-state index in [2.05, 4.69) is 24.3 Å². The standard InChI is InChI=1S/C15H25N3OS/c1-12(2)18-10-8-14(17-18)15(19)16-9-11-20-13-6-4-3-5-7-13/h8,10,12-13H,3-7,9,11H2,1-2H3,(H,16,19). The molecular formula is C15H25N3OS. The van der Waals surface area contributed by atoms with Crippen LogP contribution in [-0.2, 0) is 0 Å². The van der Waals surface area contributed by atoms with Gasteiger partial charge in [0.15, 0.2) is 0 Å². The minimum Gasteiger partial charge on any atom is -0.350 e. The van der Waals surface area contributed by atoms with Crippen molar-refractivity contribution >= 4 is 17.7 Å². The third-order valence-electron chi connectivity index (χ3n) is 3.66. The first-order valence-electron chi connectivity index (χ1n) is 7.62. The highest BCUT2D eigenvalue weighted by Crippen LogP contribution is 2.27. The molecule has 0 aromatic carbocycles. The monoisotopic (exact) mass is 295 g/mol. The van der Waals surface area contributed by atoms with Gasteiger partial charge in [0.2, 0.25) is 0 Å². The van der Waals surface area contributed by atoms with E-state index >= 15 is 0 Å². The number of hydrogen-bond donors (Lipinski definition) is 1. The fraction of sp³-hybridized carbons (Fsp3) is 0.733. The van der Waals surface area contributed by atoms with E-state index in [0.29, 0.717) is 11.7 Å². The molecule has 0 atom stereocenters. The largest absolute Gasteiger partial charge is 0.350 e. The van der Waals surface area contributed by atoms with E-state index in [9.17, 15) is 4.79 Å². The Morgan fingerprint density at radius 3 is 2.85 bits per heavy atom. The molecule has 1 fully saturated rings. The zero-order chi connectivity index (χ0) is 14.4. The molecule has 0 unspecified atom stereocenters. The third kappa shape index (κ3) is 4.54. The van der Waals surface area contributed by atoms with Crippen molar-refractivity contribution in [1.29, 1.82) is 0 Å². The highest BCUT2D eigenvalue weighted by atomic mass is 32.2. The Hall–Kier alpha value is -0.970. The van der Waals surface area contributed by atoms with Gasteiger partial charge in [-0.15, -0.1) is 0 Å². The Labute approximate surface area is 125 Å². The van der Waals surface area contributed by atoms with Crippen molar-refractivity contribution < 1.29 is 4.79 Å². The van der Waals surface area contributed by atoms with Crippen LogP contribution >= 0.6 is 11.8 Å². The lowest BCUT2D eigenvalue weighted by molar-refractivity contribution is 0.0950. The van der Waals surface area contributed by atoms with Crippen molar-refractivity contribution in [3.63, 3.8) is 0 Å². The van der Waals surface area contributed by atoms with Gasteiger partial charge in [0.05, 0.1) is 0 Å². The smallest absolute Gasteiger partial charge is 0.271 e. The summed E-state index contributed by atoms with van der Waals surface area (Å²) in [5.74, 6) is 0.940. The van der Waals surface area contributed by atoms with Gasteiger partial charge in [-0.05, 0) is 32.8 Å². The van der Waals surface area contributed by atoms with Crippen LogP contribution in [0.25, 0.3) is 0 Å². The first kappa shape index (κ1) is 15.4. The summed E-state index contributed by atoms with van der Waals surface area (Å²) in [5, 5.41) is 8.04. The molecule has 0 saturated heterocycles. The van der Waals surface area contributed by atoms with E-state index in [1.54, 1.807) is 6.07 Å². The van der Waals surface area contributed by atoms with Gasteiger partial charge in [-0.3, -0.25) is 9.48 Å². The minimum atomic E-state index is -0.0614. The van der Waals surface area contributed by atoms with Crippen LogP contribution in [0.5, 0.6) is 0 Å². The van der Waals surface area contributed by atoms with Gasteiger partial charge in [-0.1, -0.05) is 19.3 Å². The second-order valence-corrected chi connectivity index (χ2v) is 7.07. The number of aromatic nitrogens is 2. The van der Waals surface area contributed by atoms with Gasteiger partial charge in [-0.25, -0.2) is 0 Å². The lowest BCUT2D eigenvalue weighted by Crippen LogP contribution is -2.27.